The van der Waals surface area contributed by atoms with E-state index in [0.717, 1.165) is 55.1 Å². The molecule has 2 aromatic rings. The summed E-state index contributed by atoms with van der Waals surface area (Å²) in [6, 6.07) is 8.28. The number of aromatic nitrogens is 1. The summed E-state index contributed by atoms with van der Waals surface area (Å²) in [5.41, 5.74) is 8.95. The van der Waals surface area contributed by atoms with Gasteiger partial charge in [0.05, 0.1) is 30.1 Å². The number of benzene rings is 1. The first kappa shape index (κ1) is 14.1. The number of ether oxygens (including phenoxy) is 1. The van der Waals surface area contributed by atoms with Crippen molar-refractivity contribution >= 4 is 22.3 Å². The minimum Gasteiger partial charge on any atom is -0.397 e. The Bertz CT molecular complexity index is 610. The van der Waals surface area contributed by atoms with Gasteiger partial charge in [0.25, 0.3) is 0 Å². The van der Waals surface area contributed by atoms with Gasteiger partial charge in [0.2, 0.25) is 0 Å². The van der Waals surface area contributed by atoms with Crippen molar-refractivity contribution in [2.75, 3.05) is 43.9 Å². The third-order valence-electron chi connectivity index (χ3n) is 3.86. The maximum atomic E-state index is 6.26. The van der Waals surface area contributed by atoms with Gasteiger partial charge in [-0.3, -0.25) is 9.88 Å². The lowest BCUT2D eigenvalue weighted by molar-refractivity contribution is 0.0368. The van der Waals surface area contributed by atoms with Gasteiger partial charge in [-0.15, -0.1) is 0 Å². The average molecular weight is 286 g/mol. The van der Waals surface area contributed by atoms with Crippen molar-refractivity contribution in [1.29, 1.82) is 0 Å². The number of pyridine rings is 1. The van der Waals surface area contributed by atoms with Gasteiger partial charge < -0.3 is 15.8 Å². The van der Waals surface area contributed by atoms with Crippen molar-refractivity contribution in [2.24, 2.45) is 0 Å². The van der Waals surface area contributed by atoms with Crippen LogP contribution in [0.15, 0.2) is 30.5 Å². The predicted molar refractivity (Wildman–Crippen MR) is 86.5 cm³/mol. The van der Waals surface area contributed by atoms with E-state index in [9.17, 15) is 0 Å². The van der Waals surface area contributed by atoms with E-state index in [1.807, 2.05) is 24.3 Å². The highest BCUT2D eigenvalue weighted by atomic mass is 16.5. The fourth-order valence-corrected chi connectivity index (χ4v) is 2.78. The molecule has 0 bridgehead atoms. The van der Waals surface area contributed by atoms with E-state index in [1.54, 1.807) is 6.20 Å². The summed E-state index contributed by atoms with van der Waals surface area (Å²) in [7, 11) is 0. The topological polar surface area (TPSA) is 63.4 Å². The van der Waals surface area contributed by atoms with Gasteiger partial charge in [-0.1, -0.05) is 0 Å². The Morgan fingerprint density at radius 2 is 2.14 bits per heavy atom. The van der Waals surface area contributed by atoms with Crippen LogP contribution in [-0.2, 0) is 4.74 Å². The van der Waals surface area contributed by atoms with Crippen LogP contribution >= 0.6 is 0 Å². The number of anilines is 2. The molecular weight excluding hydrogens is 264 g/mol. The minimum atomic E-state index is 0.333. The number of nitrogens with one attached hydrogen (secondary N) is 1. The molecule has 1 aromatic heterocycles. The monoisotopic (exact) mass is 286 g/mol. The first-order valence-corrected chi connectivity index (χ1v) is 7.44. The molecule has 3 N–H and O–H groups in total. The molecule has 1 aliphatic rings. The Kier molecular flexibility index (Phi) is 4.22. The van der Waals surface area contributed by atoms with E-state index in [2.05, 4.69) is 22.1 Å². The number of morpholine rings is 1. The lowest BCUT2D eigenvalue weighted by Crippen LogP contribution is -2.42. The van der Waals surface area contributed by atoms with Crippen molar-refractivity contribution in [1.82, 2.24) is 9.88 Å². The molecule has 5 heteroatoms. The third kappa shape index (κ3) is 3.25. The van der Waals surface area contributed by atoms with Crippen LogP contribution < -0.4 is 11.1 Å². The number of hydrogen-bond acceptors (Lipinski definition) is 5. The molecule has 1 saturated heterocycles. The van der Waals surface area contributed by atoms with Crippen LogP contribution in [-0.4, -0.2) is 48.8 Å². The predicted octanol–water partition coefficient (Wildman–Crippen LogP) is 1.95. The highest BCUT2D eigenvalue weighted by molar-refractivity contribution is 5.96. The summed E-state index contributed by atoms with van der Waals surface area (Å²) in [6.45, 7) is 6.84. The molecule has 0 saturated carbocycles. The fraction of sp³-hybridized carbons (Fsp3) is 0.438. The second-order valence-electron chi connectivity index (χ2n) is 5.56. The molecule has 0 spiro atoms. The maximum absolute atomic E-state index is 6.26. The molecule has 0 aliphatic carbocycles. The van der Waals surface area contributed by atoms with Crippen LogP contribution in [0.2, 0.25) is 0 Å². The summed E-state index contributed by atoms with van der Waals surface area (Å²) in [5, 5.41) is 4.52. The Balaban J connectivity index is 1.70. The SMILES string of the molecule is CC(CN1CCOCC1)Nc1ccc2ncccc2c1N. The molecule has 1 fully saturated rings. The second-order valence-corrected chi connectivity index (χ2v) is 5.56. The molecule has 1 aromatic carbocycles. The Morgan fingerprint density at radius 1 is 1.33 bits per heavy atom. The van der Waals surface area contributed by atoms with Crippen molar-refractivity contribution in [2.45, 2.75) is 13.0 Å². The first-order chi connectivity index (χ1) is 10.2. The van der Waals surface area contributed by atoms with E-state index in [0.29, 0.717) is 6.04 Å². The van der Waals surface area contributed by atoms with Crippen LogP contribution in [0.5, 0.6) is 0 Å². The average Bonchev–Trinajstić information content (AvgIpc) is 2.51. The summed E-state index contributed by atoms with van der Waals surface area (Å²) >= 11 is 0. The molecular formula is C16H22N4O. The quantitative estimate of drug-likeness (QED) is 0.841. The highest BCUT2D eigenvalue weighted by Crippen LogP contribution is 2.27. The first-order valence-electron chi connectivity index (χ1n) is 7.44. The van der Waals surface area contributed by atoms with E-state index < -0.39 is 0 Å². The largest absolute Gasteiger partial charge is 0.397 e. The van der Waals surface area contributed by atoms with Crippen molar-refractivity contribution in [3.63, 3.8) is 0 Å². The standard InChI is InChI=1S/C16H22N4O/c1-12(11-20-7-9-21-10-8-20)19-15-5-4-14-13(16(15)17)3-2-6-18-14/h2-6,12,19H,7-11,17H2,1H3. The fourth-order valence-electron chi connectivity index (χ4n) is 2.78. The molecule has 1 atom stereocenters. The summed E-state index contributed by atoms with van der Waals surface area (Å²) in [4.78, 5) is 6.74. The number of hydrogen-bond donors (Lipinski definition) is 2. The van der Waals surface area contributed by atoms with Crippen LogP contribution in [0.3, 0.4) is 0 Å². The second kappa shape index (κ2) is 6.28. The number of fused-ring (bicyclic) bond motifs is 1. The normalized spacial score (nSPS) is 17.8. The van der Waals surface area contributed by atoms with Gasteiger partial charge >= 0.3 is 0 Å². The summed E-state index contributed by atoms with van der Waals surface area (Å²) in [5.74, 6) is 0. The van der Waals surface area contributed by atoms with Gasteiger partial charge in [0, 0.05) is 37.3 Å². The smallest absolute Gasteiger partial charge is 0.0724 e. The molecule has 2 heterocycles. The molecule has 21 heavy (non-hydrogen) atoms. The van der Waals surface area contributed by atoms with Crippen molar-refractivity contribution in [3.8, 4) is 0 Å². The number of nitrogens with two attached hydrogens (primary N) is 1. The van der Waals surface area contributed by atoms with Crippen molar-refractivity contribution < 1.29 is 4.74 Å². The van der Waals surface area contributed by atoms with E-state index in [1.165, 1.54) is 0 Å². The molecule has 1 aliphatic heterocycles. The molecule has 0 amide bonds. The number of nitrogen functional groups attached to an aromatic ring is 1. The van der Waals surface area contributed by atoms with Crippen LogP contribution in [0.1, 0.15) is 6.92 Å². The van der Waals surface area contributed by atoms with E-state index in [-0.39, 0.29) is 0 Å². The Labute approximate surface area is 125 Å². The van der Waals surface area contributed by atoms with Crippen molar-refractivity contribution in [3.05, 3.63) is 30.5 Å². The number of nitrogens with zero attached hydrogens (tertiary/aromatic N) is 2. The van der Waals surface area contributed by atoms with Crippen LogP contribution in [0.25, 0.3) is 10.9 Å². The van der Waals surface area contributed by atoms with E-state index in [4.69, 9.17) is 10.5 Å². The molecule has 3 rings (SSSR count). The van der Waals surface area contributed by atoms with Gasteiger partial charge in [-0.05, 0) is 31.2 Å². The van der Waals surface area contributed by atoms with Gasteiger partial charge in [-0.2, -0.15) is 0 Å². The third-order valence-corrected chi connectivity index (χ3v) is 3.86. The van der Waals surface area contributed by atoms with Crippen LogP contribution in [0.4, 0.5) is 11.4 Å². The summed E-state index contributed by atoms with van der Waals surface area (Å²) < 4.78 is 5.38. The Morgan fingerprint density at radius 3 is 2.95 bits per heavy atom. The van der Waals surface area contributed by atoms with Gasteiger partial charge in [0.15, 0.2) is 0 Å². The molecule has 112 valence electrons. The van der Waals surface area contributed by atoms with E-state index >= 15 is 0 Å². The Hall–Kier alpha value is -1.85. The van der Waals surface area contributed by atoms with Gasteiger partial charge in [-0.25, -0.2) is 0 Å². The lowest BCUT2D eigenvalue weighted by atomic mass is 10.1. The van der Waals surface area contributed by atoms with Crippen LogP contribution in [0, 0.1) is 0 Å². The highest BCUT2D eigenvalue weighted by Gasteiger charge is 2.14. The maximum Gasteiger partial charge on any atom is 0.0724 e. The zero-order valence-corrected chi connectivity index (χ0v) is 12.4. The van der Waals surface area contributed by atoms with Gasteiger partial charge in [0.1, 0.15) is 0 Å². The molecule has 5 nitrogen and oxygen atoms in total. The number of rotatable bonds is 4. The zero-order chi connectivity index (χ0) is 14.7. The molecule has 1 unspecified atom stereocenters. The molecule has 0 radical (unpaired) electrons. The lowest BCUT2D eigenvalue weighted by Gasteiger charge is -2.30. The zero-order valence-electron chi connectivity index (χ0n) is 12.4. The minimum absolute atomic E-state index is 0.333. The summed E-state index contributed by atoms with van der Waals surface area (Å²) in [6.07, 6.45) is 1.79.